The number of imidazole rings is 1. The van der Waals surface area contributed by atoms with Gasteiger partial charge in [-0.1, -0.05) is 48.5 Å². The van der Waals surface area contributed by atoms with Crippen LogP contribution in [0, 0.1) is 6.92 Å². The zero-order valence-electron chi connectivity index (χ0n) is 17.1. The zero-order chi connectivity index (χ0) is 21.8. The Morgan fingerprint density at radius 2 is 1.77 bits per heavy atom. The van der Waals surface area contributed by atoms with Gasteiger partial charge in [-0.3, -0.25) is 4.79 Å². The number of pyridine rings is 1. The Morgan fingerprint density at radius 1 is 1.03 bits per heavy atom. The van der Waals surface area contributed by atoms with Gasteiger partial charge in [0.1, 0.15) is 5.65 Å². The highest BCUT2D eigenvalue weighted by molar-refractivity contribution is 5.91. The number of amides is 3. The van der Waals surface area contributed by atoms with Crippen molar-refractivity contribution < 1.29 is 9.59 Å². The van der Waals surface area contributed by atoms with E-state index in [1.165, 1.54) is 0 Å². The van der Waals surface area contributed by atoms with Crippen molar-refractivity contribution in [2.75, 3.05) is 5.32 Å². The summed E-state index contributed by atoms with van der Waals surface area (Å²) < 4.78 is 2.00. The predicted molar refractivity (Wildman–Crippen MR) is 121 cm³/mol. The van der Waals surface area contributed by atoms with Crippen molar-refractivity contribution in [1.29, 1.82) is 0 Å². The number of benzene rings is 2. The summed E-state index contributed by atoms with van der Waals surface area (Å²) in [5.74, 6) is -0.223. The summed E-state index contributed by atoms with van der Waals surface area (Å²) in [6, 6.07) is 19.6. The number of urea groups is 1. The van der Waals surface area contributed by atoms with Crippen LogP contribution in [-0.4, -0.2) is 21.3 Å². The highest BCUT2D eigenvalue weighted by Crippen LogP contribution is 2.23. The van der Waals surface area contributed by atoms with E-state index in [0.29, 0.717) is 5.69 Å². The number of hydrogen-bond acceptors (Lipinski definition) is 3. The third-order valence-electron chi connectivity index (χ3n) is 5.05. The molecule has 0 spiro atoms. The zero-order valence-corrected chi connectivity index (χ0v) is 17.1. The molecule has 2 aromatic carbocycles. The number of primary amides is 1. The summed E-state index contributed by atoms with van der Waals surface area (Å²) in [7, 11) is 0. The second-order valence-corrected chi connectivity index (χ2v) is 7.35. The number of hydrogen-bond donors (Lipinski definition) is 3. The Balaban J connectivity index is 1.45. The molecule has 0 aliphatic heterocycles. The molecule has 0 aliphatic carbocycles. The Morgan fingerprint density at radius 3 is 2.45 bits per heavy atom. The fourth-order valence-corrected chi connectivity index (χ4v) is 3.52. The number of anilines is 1. The van der Waals surface area contributed by atoms with E-state index in [1.807, 2.05) is 90.4 Å². The van der Waals surface area contributed by atoms with E-state index < -0.39 is 12.1 Å². The van der Waals surface area contributed by atoms with Crippen molar-refractivity contribution >= 4 is 23.3 Å². The van der Waals surface area contributed by atoms with Gasteiger partial charge in [-0.15, -0.1) is 0 Å². The molecule has 3 amide bonds. The van der Waals surface area contributed by atoms with Crippen molar-refractivity contribution in [3.63, 3.8) is 0 Å². The average Bonchev–Trinajstić information content (AvgIpc) is 3.20. The Hall–Kier alpha value is -4.13. The van der Waals surface area contributed by atoms with Crippen molar-refractivity contribution in [3.05, 3.63) is 90.3 Å². The minimum Gasteiger partial charge on any atom is -0.352 e. The predicted octanol–water partition coefficient (Wildman–Crippen LogP) is 4.05. The Bertz CT molecular complexity index is 1220. The molecule has 0 unspecified atom stereocenters. The molecular formula is C24H23N5O2. The van der Waals surface area contributed by atoms with Crippen LogP contribution in [0.15, 0.2) is 79.1 Å². The van der Waals surface area contributed by atoms with E-state index >= 15 is 0 Å². The molecular weight excluding hydrogens is 390 g/mol. The number of fused-ring (bicyclic) bond motifs is 1. The first-order chi connectivity index (χ1) is 15.0. The van der Waals surface area contributed by atoms with E-state index in [-0.39, 0.29) is 12.3 Å². The van der Waals surface area contributed by atoms with Crippen molar-refractivity contribution in [1.82, 2.24) is 14.7 Å². The van der Waals surface area contributed by atoms with Gasteiger partial charge in [0.15, 0.2) is 0 Å². The lowest BCUT2D eigenvalue weighted by atomic mass is 10.0. The third kappa shape index (κ3) is 4.72. The molecule has 7 nitrogen and oxygen atoms in total. The number of rotatable bonds is 6. The van der Waals surface area contributed by atoms with Crippen LogP contribution in [0.5, 0.6) is 0 Å². The molecule has 4 rings (SSSR count). The van der Waals surface area contributed by atoms with Crippen LogP contribution in [0.2, 0.25) is 0 Å². The van der Waals surface area contributed by atoms with Crippen LogP contribution in [-0.2, 0) is 4.79 Å². The van der Waals surface area contributed by atoms with E-state index in [4.69, 9.17) is 10.7 Å². The molecule has 7 heteroatoms. The summed E-state index contributed by atoms with van der Waals surface area (Å²) in [6.45, 7) is 2.03. The molecule has 2 heterocycles. The number of nitrogens with zero attached hydrogens (tertiary/aromatic N) is 2. The van der Waals surface area contributed by atoms with Crippen molar-refractivity contribution in [3.8, 4) is 11.3 Å². The van der Waals surface area contributed by atoms with Crippen LogP contribution in [0.4, 0.5) is 10.5 Å². The second kappa shape index (κ2) is 8.71. The molecule has 2 aromatic heterocycles. The number of aryl methyl sites for hydroxylation is 1. The molecule has 1 atom stereocenters. The molecule has 0 fully saturated rings. The van der Waals surface area contributed by atoms with Crippen LogP contribution in [0.25, 0.3) is 16.9 Å². The van der Waals surface area contributed by atoms with Gasteiger partial charge in [0.25, 0.3) is 0 Å². The summed E-state index contributed by atoms with van der Waals surface area (Å²) in [5.41, 5.74) is 10.6. The van der Waals surface area contributed by atoms with Gasteiger partial charge in [0, 0.05) is 23.6 Å². The van der Waals surface area contributed by atoms with Gasteiger partial charge in [0.2, 0.25) is 5.91 Å². The number of nitrogens with two attached hydrogens (primary N) is 1. The highest BCUT2D eigenvalue weighted by Gasteiger charge is 2.17. The molecule has 31 heavy (non-hydrogen) atoms. The minimum atomic E-state index is -0.673. The highest BCUT2D eigenvalue weighted by atomic mass is 16.2. The second-order valence-electron chi connectivity index (χ2n) is 7.35. The average molecular weight is 413 g/mol. The van der Waals surface area contributed by atoms with Gasteiger partial charge in [-0.2, -0.15) is 0 Å². The minimum absolute atomic E-state index is 0.0699. The van der Waals surface area contributed by atoms with E-state index in [2.05, 4.69) is 10.6 Å². The SMILES string of the molecule is Cc1cccn2cc(-c3ccc(NC(=O)C[C@H](NC(N)=O)c4ccccc4)cc3)nc12. The molecule has 0 radical (unpaired) electrons. The van der Waals surface area contributed by atoms with Crippen molar-refractivity contribution in [2.45, 2.75) is 19.4 Å². The molecule has 4 N–H and O–H groups in total. The fraction of sp³-hybridized carbons (Fsp3) is 0.125. The Kier molecular flexibility index (Phi) is 5.66. The van der Waals surface area contributed by atoms with Gasteiger partial charge in [0.05, 0.1) is 18.2 Å². The lowest BCUT2D eigenvalue weighted by Crippen LogP contribution is -2.35. The topological polar surface area (TPSA) is 102 Å². The standard InChI is InChI=1S/C24H23N5O2/c1-16-6-5-13-29-15-21(27-23(16)29)18-9-11-19(12-10-18)26-22(30)14-20(28-24(25)31)17-7-3-2-4-8-17/h2-13,15,20H,14H2,1H3,(H,26,30)(H3,25,28,31)/t20-/m0/s1. The first-order valence-electron chi connectivity index (χ1n) is 9.95. The molecule has 0 aliphatic rings. The number of aromatic nitrogens is 2. The van der Waals surface area contributed by atoms with Crippen molar-refractivity contribution in [2.24, 2.45) is 5.73 Å². The summed E-state index contributed by atoms with van der Waals surface area (Å²) in [5, 5.41) is 5.50. The largest absolute Gasteiger partial charge is 0.352 e. The molecule has 0 bridgehead atoms. The number of carbonyl (C=O) groups excluding carboxylic acids is 2. The van der Waals surface area contributed by atoms with E-state index in [0.717, 1.165) is 28.0 Å². The number of nitrogens with one attached hydrogen (secondary N) is 2. The third-order valence-corrected chi connectivity index (χ3v) is 5.05. The van der Waals surface area contributed by atoms with Crippen LogP contribution < -0.4 is 16.4 Å². The lowest BCUT2D eigenvalue weighted by Gasteiger charge is -2.17. The smallest absolute Gasteiger partial charge is 0.312 e. The molecule has 0 saturated carbocycles. The summed E-state index contributed by atoms with van der Waals surface area (Å²) >= 11 is 0. The summed E-state index contributed by atoms with van der Waals surface area (Å²) in [4.78, 5) is 28.6. The van der Waals surface area contributed by atoms with Gasteiger partial charge in [-0.25, -0.2) is 9.78 Å². The number of carbonyl (C=O) groups is 2. The van der Waals surface area contributed by atoms with Crippen LogP contribution in [0.1, 0.15) is 23.6 Å². The molecule has 4 aromatic rings. The van der Waals surface area contributed by atoms with Crippen LogP contribution >= 0.6 is 0 Å². The van der Waals surface area contributed by atoms with Gasteiger partial charge in [-0.05, 0) is 36.2 Å². The fourth-order valence-electron chi connectivity index (χ4n) is 3.52. The van der Waals surface area contributed by atoms with E-state index in [9.17, 15) is 9.59 Å². The quantitative estimate of drug-likeness (QED) is 0.444. The first-order valence-corrected chi connectivity index (χ1v) is 9.95. The Labute approximate surface area is 179 Å². The monoisotopic (exact) mass is 413 g/mol. The first kappa shape index (κ1) is 20.2. The maximum absolute atomic E-state index is 12.6. The maximum atomic E-state index is 12.6. The van der Waals surface area contributed by atoms with Crippen LogP contribution in [0.3, 0.4) is 0 Å². The molecule has 156 valence electrons. The normalized spacial score (nSPS) is 11.8. The molecule has 0 saturated heterocycles. The van der Waals surface area contributed by atoms with Gasteiger partial charge < -0.3 is 20.8 Å². The van der Waals surface area contributed by atoms with Gasteiger partial charge >= 0.3 is 6.03 Å². The summed E-state index contributed by atoms with van der Waals surface area (Å²) in [6.07, 6.45) is 4.02. The maximum Gasteiger partial charge on any atom is 0.312 e. The lowest BCUT2D eigenvalue weighted by molar-refractivity contribution is -0.116. The van der Waals surface area contributed by atoms with E-state index in [1.54, 1.807) is 0 Å².